The van der Waals surface area contributed by atoms with Crippen molar-refractivity contribution in [3.8, 4) is 0 Å². The molecule has 0 saturated heterocycles. The zero-order valence-electron chi connectivity index (χ0n) is 22.5. The Bertz CT molecular complexity index is 1120. The lowest BCUT2D eigenvalue weighted by molar-refractivity contribution is -0.180. The van der Waals surface area contributed by atoms with Gasteiger partial charge in [-0.1, -0.05) is 45.4 Å². The van der Waals surface area contributed by atoms with Crippen LogP contribution in [0.25, 0.3) is 0 Å². The number of ether oxygens (including phenoxy) is 1. The molecule has 3 fully saturated rings. The highest BCUT2D eigenvalue weighted by molar-refractivity contribution is 6.08. The first kappa shape index (κ1) is 23.8. The Kier molecular flexibility index (Phi) is 4.96. The van der Waals surface area contributed by atoms with Crippen molar-refractivity contribution in [2.24, 2.45) is 33.0 Å². The van der Waals surface area contributed by atoms with E-state index in [1.54, 1.807) is 0 Å². The summed E-state index contributed by atoms with van der Waals surface area (Å²) in [6, 6.07) is 0. The summed E-state index contributed by atoms with van der Waals surface area (Å²) in [6.45, 7) is 16.1. The molecule has 0 radical (unpaired) electrons. The van der Waals surface area contributed by atoms with Crippen molar-refractivity contribution in [1.29, 1.82) is 0 Å². The van der Waals surface area contributed by atoms with Crippen molar-refractivity contribution in [3.63, 3.8) is 0 Å². The number of esters is 1. The van der Waals surface area contributed by atoms with Crippen LogP contribution in [-0.4, -0.2) is 18.9 Å². The van der Waals surface area contributed by atoms with Crippen molar-refractivity contribution in [2.75, 3.05) is 7.11 Å². The molecule has 6 unspecified atom stereocenters. The summed E-state index contributed by atoms with van der Waals surface area (Å²) < 4.78 is 5.29. The summed E-state index contributed by atoms with van der Waals surface area (Å²) in [5.41, 5.74) is 5.91. The van der Waals surface area contributed by atoms with Gasteiger partial charge in [0.15, 0.2) is 5.78 Å². The van der Waals surface area contributed by atoms with E-state index in [0.29, 0.717) is 5.92 Å². The second-order valence-corrected chi connectivity index (χ2v) is 13.4. The minimum Gasteiger partial charge on any atom is -0.469 e. The average Bonchev–Trinajstić information content (AvgIpc) is 2.80. The topological polar surface area (TPSA) is 43.4 Å². The highest BCUT2D eigenvalue weighted by Gasteiger charge is 2.67. The number of ketones is 1. The number of carbonyl (C=O) groups is 2. The third kappa shape index (κ3) is 2.76. The fourth-order valence-electron chi connectivity index (χ4n) is 9.00. The number of allylic oxidation sites excluding steroid dienone is 8. The van der Waals surface area contributed by atoms with Gasteiger partial charge in [-0.3, -0.25) is 9.59 Å². The van der Waals surface area contributed by atoms with E-state index in [1.807, 2.05) is 13.0 Å². The average molecular weight is 463 g/mol. The maximum Gasteiger partial charge on any atom is 0.311 e. The molecule has 5 rings (SSSR count). The summed E-state index contributed by atoms with van der Waals surface area (Å²) >= 11 is 0. The number of rotatable bonds is 1. The fourth-order valence-corrected chi connectivity index (χ4v) is 9.00. The SMILES string of the molecule is COC(=O)C1(C)CCC2(C)CCC3(C)C4=CC=C5C(=CC(=O)C(C)=C5C)C4(C)CCC3(C)C2C1. The van der Waals surface area contributed by atoms with Crippen molar-refractivity contribution in [2.45, 2.75) is 93.4 Å². The first-order valence-electron chi connectivity index (χ1n) is 13.2. The zero-order chi connectivity index (χ0) is 24.9. The van der Waals surface area contributed by atoms with Crippen LogP contribution in [0.3, 0.4) is 0 Å². The Morgan fingerprint density at radius 2 is 1.59 bits per heavy atom. The minimum atomic E-state index is -0.396. The Labute approximate surface area is 205 Å². The minimum absolute atomic E-state index is 0.0363. The Balaban J connectivity index is 1.63. The normalized spacial score (nSPS) is 45.7. The fraction of sp³-hybridized carbons (Fsp3) is 0.677. The molecule has 0 aromatic rings. The molecule has 34 heavy (non-hydrogen) atoms. The number of carbonyl (C=O) groups excluding carboxylic acids is 2. The molecule has 0 amide bonds. The van der Waals surface area contributed by atoms with Crippen molar-refractivity contribution >= 4 is 11.8 Å². The van der Waals surface area contributed by atoms with Crippen LogP contribution in [0.2, 0.25) is 0 Å². The molecule has 5 aliphatic rings. The first-order chi connectivity index (χ1) is 15.8. The molecule has 0 aliphatic heterocycles. The smallest absolute Gasteiger partial charge is 0.311 e. The van der Waals surface area contributed by atoms with Crippen LogP contribution >= 0.6 is 0 Å². The summed E-state index contributed by atoms with van der Waals surface area (Å²) in [7, 11) is 1.54. The second-order valence-electron chi connectivity index (χ2n) is 13.4. The Morgan fingerprint density at radius 3 is 2.26 bits per heavy atom. The molecular weight excluding hydrogens is 420 g/mol. The van der Waals surface area contributed by atoms with Crippen LogP contribution in [0.1, 0.15) is 93.4 Å². The van der Waals surface area contributed by atoms with Crippen LogP contribution in [0.15, 0.2) is 46.1 Å². The molecule has 0 N–H and O–H groups in total. The van der Waals surface area contributed by atoms with Crippen molar-refractivity contribution in [1.82, 2.24) is 0 Å². The quantitative estimate of drug-likeness (QED) is 0.384. The van der Waals surface area contributed by atoms with Gasteiger partial charge in [0.2, 0.25) is 0 Å². The maximum atomic E-state index is 12.9. The first-order valence-corrected chi connectivity index (χ1v) is 13.2. The molecule has 3 heteroatoms. The van der Waals surface area contributed by atoms with Crippen LogP contribution in [0, 0.1) is 33.0 Å². The molecule has 0 aromatic heterocycles. The molecule has 184 valence electrons. The summed E-state index contributed by atoms with van der Waals surface area (Å²) in [6.07, 6.45) is 14.1. The van der Waals surface area contributed by atoms with E-state index in [4.69, 9.17) is 4.74 Å². The van der Waals surface area contributed by atoms with E-state index < -0.39 is 5.41 Å². The van der Waals surface area contributed by atoms with Crippen molar-refractivity contribution < 1.29 is 14.3 Å². The van der Waals surface area contributed by atoms with Crippen molar-refractivity contribution in [3.05, 3.63) is 46.1 Å². The number of methoxy groups -OCH3 is 1. The third-order valence-electron chi connectivity index (χ3n) is 11.9. The van der Waals surface area contributed by atoms with Gasteiger partial charge in [0, 0.05) is 5.41 Å². The zero-order valence-corrected chi connectivity index (χ0v) is 22.5. The van der Waals surface area contributed by atoms with Gasteiger partial charge in [-0.2, -0.15) is 0 Å². The molecule has 0 heterocycles. The molecule has 0 aromatic carbocycles. The van der Waals surface area contributed by atoms with Gasteiger partial charge < -0.3 is 4.74 Å². The molecule has 0 bridgehead atoms. The van der Waals surface area contributed by atoms with E-state index in [1.165, 1.54) is 36.7 Å². The molecular formula is C31H42O3. The second kappa shape index (κ2) is 7.08. The summed E-state index contributed by atoms with van der Waals surface area (Å²) in [5.74, 6) is 0.597. The number of hydrogen-bond donors (Lipinski definition) is 0. The summed E-state index contributed by atoms with van der Waals surface area (Å²) in [5, 5.41) is 0. The van der Waals surface area contributed by atoms with E-state index in [0.717, 1.165) is 43.3 Å². The van der Waals surface area contributed by atoms with Crippen LogP contribution < -0.4 is 0 Å². The predicted octanol–water partition coefficient (Wildman–Crippen LogP) is 7.29. The lowest BCUT2D eigenvalue weighted by Gasteiger charge is -2.70. The molecule has 0 spiro atoms. The van der Waals surface area contributed by atoms with Gasteiger partial charge in [-0.15, -0.1) is 0 Å². The third-order valence-corrected chi connectivity index (χ3v) is 11.9. The van der Waals surface area contributed by atoms with Gasteiger partial charge in [0.05, 0.1) is 12.5 Å². The largest absolute Gasteiger partial charge is 0.469 e. The number of hydrogen-bond acceptors (Lipinski definition) is 3. The molecule has 3 saturated carbocycles. The highest BCUT2D eigenvalue weighted by Crippen LogP contribution is 2.75. The molecule has 6 atom stereocenters. The van der Waals surface area contributed by atoms with Gasteiger partial charge in [-0.25, -0.2) is 0 Å². The van der Waals surface area contributed by atoms with E-state index in [2.05, 4.69) is 53.7 Å². The van der Waals surface area contributed by atoms with Crippen LogP contribution in [-0.2, 0) is 14.3 Å². The molecule has 3 nitrogen and oxygen atoms in total. The van der Waals surface area contributed by atoms with Gasteiger partial charge >= 0.3 is 5.97 Å². The number of fused-ring (bicyclic) bond motifs is 7. The van der Waals surface area contributed by atoms with E-state index in [9.17, 15) is 9.59 Å². The summed E-state index contributed by atoms with van der Waals surface area (Å²) in [4.78, 5) is 25.7. The van der Waals surface area contributed by atoms with Crippen LogP contribution in [0.5, 0.6) is 0 Å². The van der Waals surface area contributed by atoms with Gasteiger partial charge in [-0.05, 0) is 116 Å². The van der Waals surface area contributed by atoms with Gasteiger partial charge in [0.25, 0.3) is 0 Å². The van der Waals surface area contributed by atoms with Crippen LogP contribution in [0.4, 0.5) is 0 Å². The maximum absolute atomic E-state index is 12.9. The monoisotopic (exact) mass is 462 g/mol. The van der Waals surface area contributed by atoms with E-state index >= 15 is 0 Å². The Morgan fingerprint density at radius 1 is 0.912 bits per heavy atom. The highest BCUT2D eigenvalue weighted by atomic mass is 16.5. The van der Waals surface area contributed by atoms with E-state index in [-0.39, 0.29) is 33.4 Å². The standard InChI is InChI=1S/C31H42O3/c1-19-20(2)23(32)17-22-21(19)9-10-24-29(22,5)14-16-31(7)25-18-28(4,26(33)34-8)12-11-27(25,3)13-15-30(24,31)6/h9-10,17,25H,11-16,18H2,1-8H3. The lowest BCUT2D eigenvalue weighted by atomic mass is 9.34. The van der Waals surface area contributed by atoms with Gasteiger partial charge in [0.1, 0.15) is 0 Å². The lowest BCUT2D eigenvalue weighted by Crippen LogP contribution is -2.62. The molecule has 5 aliphatic carbocycles. The Hall–Kier alpha value is -1.90. The predicted molar refractivity (Wildman–Crippen MR) is 136 cm³/mol.